The maximum atomic E-state index is 11.7. The summed E-state index contributed by atoms with van der Waals surface area (Å²) in [6.07, 6.45) is 3.00. The van der Waals surface area contributed by atoms with Gasteiger partial charge in [-0.1, -0.05) is 12.6 Å². The Kier molecular flexibility index (Phi) is 2.77. The summed E-state index contributed by atoms with van der Waals surface area (Å²) in [5.41, 5.74) is 1.50. The Hall–Kier alpha value is -2.03. The van der Waals surface area contributed by atoms with Gasteiger partial charge in [-0.3, -0.25) is 4.79 Å². The Balaban J connectivity index is 2.67. The second-order valence-electron chi connectivity index (χ2n) is 3.38. The molecule has 16 heavy (non-hydrogen) atoms. The molecule has 0 atom stereocenters. The largest absolute Gasteiger partial charge is 0.493 e. The van der Waals surface area contributed by atoms with Crippen LogP contribution in [-0.2, 0) is 0 Å². The summed E-state index contributed by atoms with van der Waals surface area (Å²) in [7, 11) is 0. The molecule has 0 spiro atoms. The maximum absolute atomic E-state index is 11.7. The lowest BCUT2D eigenvalue weighted by Crippen LogP contribution is -1.96. The van der Waals surface area contributed by atoms with Crippen molar-refractivity contribution in [3.05, 3.63) is 42.6 Å². The summed E-state index contributed by atoms with van der Waals surface area (Å²) < 4.78 is 5.51. The second-order valence-corrected chi connectivity index (χ2v) is 3.38. The molecule has 1 aromatic heterocycles. The molecule has 1 N–H and O–H groups in total. The van der Waals surface area contributed by atoms with E-state index in [1.807, 2.05) is 25.1 Å². The molecule has 0 radical (unpaired) electrons. The van der Waals surface area contributed by atoms with Crippen molar-refractivity contribution in [2.75, 3.05) is 6.61 Å². The van der Waals surface area contributed by atoms with Crippen LogP contribution in [0, 0.1) is 0 Å². The Morgan fingerprint density at radius 1 is 1.56 bits per heavy atom. The average Bonchev–Trinajstić information content (AvgIpc) is 2.73. The molecule has 0 saturated carbocycles. The van der Waals surface area contributed by atoms with Crippen LogP contribution in [0.5, 0.6) is 5.75 Å². The predicted molar refractivity (Wildman–Crippen MR) is 64.0 cm³/mol. The quantitative estimate of drug-likeness (QED) is 0.629. The van der Waals surface area contributed by atoms with Crippen molar-refractivity contribution in [3.8, 4) is 5.75 Å². The van der Waals surface area contributed by atoms with Gasteiger partial charge in [-0.15, -0.1) is 0 Å². The van der Waals surface area contributed by atoms with Crippen LogP contribution in [0.1, 0.15) is 17.3 Å². The first-order valence-electron chi connectivity index (χ1n) is 5.17. The first kappa shape index (κ1) is 10.5. The highest BCUT2D eigenvalue weighted by Gasteiger charge is 2.13. The molecule has 0 saturated heterocycles. The number of hydrogen-bond acceptors (Lipinski definition) is 2. The van der Waals surface area contributed by atoms with E-state index in [0.29, 0.717) is 12.2 Å². The molecule has 2 aromatic rings. The van der Waals surface area contributed by atoms with Gasteiger partial charge in [0.15, 0.2) is 5.78 Å². The molecule has 3 heteroatoms. The predicted octanol–water partition coefficient (Wildman–Crippen LogP) is 2.94. The second kappa shape index (κ2) is 4.23. The Bertz CT molecular complexity index is 540. The molecule has 0 aliphatic carbocycles. The number of ether oxygens (including phenoxy) is 1. The number of aromatic nitrogens is 1. The van der Waals surface area contributed by atoms with E-state index in [2.05, 4.69) is 11.6 Å². The number of benzene rings is 1. The van der Waals surface area contributed by atoms with Crippen molar-refractivity contribution in [1.82, 2.24) is 4.98 Å². The molecule has 82 valence electrons. The number of hydrogen-bond donors (Lipinski definition) is 1. The van der Waals surface area contributed by atoms with E-state index in [1.165, 1.54) is 6.08 Å². The van der Waals surface area contributed by atoms with Gasteiger partial charge >= 0.3 is 0 Å². The summed E-state index contributed by atoms with van der Waals surface area (Å²) in [6, 6.07) is 5.67. The Labute approximate surface area is 93.7 Å². The van der Waals surface area contributed by atoms with Gasteiger partial charge in [-0.25, -0.2) is 0 Å². The highest BCUT2D eigenvalue weighted by atomic mass is 16.5. The molecule has 2 rings (SSSR count). The third-order valence-corrected chi connectivity index (χ3v) is 2.42. The van der Waals surface area contributed by atoms with E-state index in [1.54, 1.807) is 6.20 Å². The van der Waals surface area contributed by atoms with E-state index >= 15 is 0 Å². The fourth-order valence-electron chi connectivity index (χ4n) is 1.73. The number of ketones is 1. The van der Waals surface area contributed by atoms with E-state index in [9.17, 15) is 4.79 Å². The van der Waals surface area contributed by atoms with Crippen LogP contribution < -0.4 is 4.74 Å². The highest BCUT2D eigenvalue weighted by molar-refractivity contribution is 6.14. The normalized spacial score (nSPS) is 10.3. The van der Waals surface area contributed by atoms with Crippen molar-refractivity contribution in [2.24, 2.45) is 0 Å². The van der Waals surface area contributed by atoms with E-state index in [-0.39, 0.29) is 5.78 Å². The third-order valence-electron chi connectivity index (χ3n) is 2.42. The lowest BCUT2D eigenvalue weighted by atomic mass is 10.1. The van der Waals surface area contributed by atoms with E-state index < -0.39 is 0 Å². The minimum Gasteiger partial charge on any atom is -0.493 e. The molecular weight excluding hydrogens is 202 g/mol. The summed E-state index contributed by atoms with van der Waals surface area (Å²) in [5, 5.41) is 0.828. The number of carbonyl (C=O) groups is 1. The number of rotatable bonds is 4. The summed E-state index contributed by atoms with van der Waals surface area (Å²) in [5.74, 6) is 0.629. The van der Waals surface area contributed by atoms with Crippen LogP contribution in [0.3, 0.4) is 0 Å². The highest BCUT2D eigenvalue weighted by Crippen LogP contribution is 2.29. The molecule has 3 nitrogen and oxygen atoms in total. The van der Waals surface area contributed by atoms with Gasteiger partial charge in [-0.05, 0) is 25.1 Å². The third kappa shape index (κ3) is 1.60. The number of carbonyl (C=O) groups excluding carboxylic acids is 1. The summed E-state index contributed by atoms with van der Waals surface area (Å²) >= 11 is 0. The molecular formula is C13H13NO2. The average molecular weight is 215 g/mol. The first-order valence-corrected chi connectivity index (χ1v) is 5.17. The van der Waals surface area contributed by atoms with Gasteiger partial charge < -0.3 is 9.72 Å². The van der Waals surface area contributed by atoms with Gasteiger partial charge in [0.25, 0.3) is 0 Å². The molecule has 0 aliphatic rings. The standard InChI is InChI=1S/C13H13NO2/c1-3-11(15)9-8-14-10-6-5-7-12(13(9)10)16-4-2/h3,5-8,14H,1,4H2,2H3. The fraction of sp³-hybridized carbons (Fsp3) is 0.154. The van der Waals surface area contributed by atoms with Crippen LogP contribution >= 0.6 is 0 Å². The zero-order chi connectivity index (χ0) is 11.5. The van der Waals surface area contributed by atoms with E-state index in [0.717, 1.165) is 16.7 Å². The molecule has 1 aromatic carbocycles. The minimum atomic E-state index is -0.0987. The van der Waals surface area contributed by atoms with Crippen molar-refractivity contribution >= 4 is 16.7 Å². The van der Waals surface area contributed by atoms with Crippen molar-refractivity contribution in [1.29, 1.82) is 0 Å². The first-order chi connectivity index (χ1) is 7.77. The van der Waals surface area contributed by atoms with Crippen molar-refractivity contribution < 1.29 is 9.53 Å². The van der Waals surface area contributed by atoms with Crippen molar-refractivity contribution in [2.45, 2.75) is 6.92 Å². The number of allylic oxidation sites excluding steroid dienone is 1. The molecule has 0 bridgehead atoms. The lowest BCUT2D eigenvalue weighted by molar-refractivity contribution is 0.104. The molecule has 1 heterocycles. The zero-order valence-corrected chi connectivity index (χ0v) is 9.12. The van der Waals surface area contributed by atoms with Gasteiger partial charge in [0, 0.05) is 11.7 Å². The van der Waals surface area contributed by atoms with Crippen LogP contribution in [0.2, 0.25) is 0 Å². The number of nitrogens with one attached hydrogen (secondary N) is 1. The maximum Gasteiger partial charge on any atom is 0.187 e. The lowest BCUT2D eigenvalue weighted by Gasteiger charge is -2.05. The topological polar surface area (TPSA) is 42.1 Å². The molecule has 0 amide bonds. The van der Waals surface area contributed by atoms with Gasteiger partial charge in [0.05, 0.1) is 17.6 Å². The SMILES string of the molecule is C=CC(=O)c1c[nH]c2cccc(OCC)c12. The van der Waals surface area contributed by atoms with Crippen LogP contribution in [0.4, 0.5) is 0 Å². The number of aromatic amines is 1. The molecule has 0 fully saturated rings. The van der Waals surface area contributed by atoms with Crippen LogP contribution in [0.25, 0.3) is 10.9 Å². The molecule has 0 aliphatic heterocycles. The van der Waals surface area contributed by atoms with Gasteiger partial charge in [0.1, 0.15) is 5.75 Å². The van der Waals surface area contributed by atoms with Gasteiger partial charge in [-0.2, -0.15) is 0 Å². The number of H-pyrrole nitrogens is 1. The smallest absolute Gasteiger partial charge is 0.187 e. The zero-order valence-electron chi connectivity index (χ0n) is 9.12. The van der Waals surface area contributed by atoms with Crippen LogP contribution in [-0.4, -0.2) is 17.4 Å². The molecule has 0 unspecified atom stereocenters. The van der Waals surface area contributed by atoms with Gasteiger partial charge in [0.2, 0.25) is 0 Å². The number of fused-ring (bicyclic) bond motifs is 1. The minimum absolute atomic E-state index is 0.0987. The summed E-state index contributed by atoms with van der Waals surface area (Å²) in [6.45, 7) is 5.99. The Morgan fingerprint density at radius 2 is 2.38 bits per heavy atom. The fourth-order valence-corrected chi connectivity index (χ4v) is 1.73. The van der Waals surface area contributed by atoms with Crippen molar-refractivity contribution in [3.63, 3.8) is 0 Å². The monoisotopic (exact) mass is 215 g/mol. The Morgan fingerprint density at radius 3 is 3.06 bits per heavy atom. The van der Waals surface area contributed by atoms with Crippen LogP contribution in [0.15, 0.2) is 37.1 Å². The summed E-state index contributed by atoms with van der Waals surface area (Å²) in [4.78, 5) is 14.7. The van der Waals surface area contributed by atoms with E-state index in [4.69, 9.17) is 4.74 Å².